The second-order valence-electron chi connectivity index (χ2n) is 5.59. The van der Waals surface area contributed by atoms with Gasteiger partial charge in [-0.05, 0) is 30.5 Å². The van der Waals surface area contributed by atoms with Gasteiger partial charge in [0, 0.05) is 6.42 Å². The Bertz CT molecular complexity index is 524. The van der Waals surface area contributed by atoms with Crippen LogP contribution in [0.1, 0.15) is 55.3 Å². The maximum absolute atomic E-state index is 13.2. The van der Waals surface area contributed by atoms with E-state index in [-0.39, 0.29) is 17.2 Å². The van der Waals surface area contributed by atoms with Crippen molar-refractivity contribution in [1.82, 2.24) is 0 Å². The normalized spacial score (nSPS) is 15.7. The van der Waals surface area contributed by atoms with Crippen molar-refractivity contribution < 1.29 is 19.1 Å². The van der Waals surface area contributed by atoms with E-state index in [2.05, 4.69) is 5.32 Å². The van der Waals surface area contributed by atoms with Gasteiger partial charge >= 0.3 is 5.97 Å². The molecule has 0 bridgehead atoms. The lowest BCUT2D eigenvalue weighted by molar-refractivity contribution is -0.116. The summed E-state index contributed by atoms with van der Waals surface area (Å²) < 4.78 is 13.2. The summed E-state index contributed by atoms with van der Waals surface area (Å²) >= 11 is 0. The summed E-state index contributed by atoms with van der Waals surface area (Å²) in [5.41, 5.74) is -0.0708. The van der Waals surface area contributed by atoms with E-state index in [0.717, 1.165) is 37.5 Å². The van der Waals surface area contributed by atoms with Crippen molar-refractivity contribution in [2.75, 3.05) is 5.32 Å². The van der Waals surface area contributed by atoms with Crippen LogP contribution < -0.4 is 5.32 Å². The van der Waals surface area contributed by atoms with Crippen LogP contribution in [0.15, 0.2) is 18.2 Å². The third kappa shape index (κ3) is 4.55. The average molecular weight is 293 g/mol. The SMILES string of the molecule is O=C(CCC1CCCCC1)Nc1cc(F)ccc1C(=O)O. The predicted molar refractivity (Wildman–Crippen MR) is 77.8 cm³/mol. The fourth-order valence-corrected chi connectivity index (χ4v) is 2.83. The molecule has 0 atom stereocenters. The van der Waals surface area contributed by atoms with Gasteiger partial charge in [0.2, 0.25) is 5.91 Å². The highest BCUT2D eigenvalue weighted by Crippen LogP contribution is 2.27. The van der Waals surface area contributed by atoms with E-state index in [1.54, 1.807) is 0 Å². The smallest absolute Gasteiger partial charge is 0.337 e. The third-order valence-corrected chi connectivity index (χ3v) is 3.99. The standard InChI is InChI=1S/C16H20FNO3/c17-12-7-8-13(16(20)21)14(10-12)18-15(19)9-6-11-4-2-1-3-5-11/h7-8,10-11H,1-6,9H2,(H,18,19)(H,20,21). The zero-order valence-electron chi connectivity index (χ0n) is 11.9. The van der Waals surface area contributed by atoms with E-state index >= 15 is 0 Å². The van der Waals surface area contributed by atoms with Crippen molar-refractivity contribution in [3.8, 4) is 0 Å². The van der Waals surface area contributed by atoms with Crippen LogP contribution in [0.3, 0.4) is 0 Å². The molecule has 1 fully saturated rings. The molecule has 21 heavy (non-hydrogen) atoms. The lowest BCUT2D eigenvalue weighted by Crippen LogP contribution is -2.17. The van der Waals surface area contributed by atoms with Crippen molar-refractivity contribution >= 4 is 17.6 Å². The molecule has 1 amide bonds. The highest BCUT2D eigenvalue weighted by atomic mass is 19.1. The van der Waals surface area contributed by atoms with Crippen molar-refractivity contribution in [3.63, 3.8) is 0 Å². The lowest BCUT2D eigenvalue weighted by atomic mass is 9.86. The van der Waals surface area contributed by atoms with Gasteiger partial charge in [-0.2, -0.15) is 0 Å². The number of carboxylic acid groups (broad SMARTS) is 1. The second kappa shape index (κ2) is 7.20. The molecule has 0 aliphatic heterocycles. The van der Waals surface area contributed by atoms with E-state index in [1.807, 2.05) is 0 Å². The Kier molecular flexibility index (Phi) is 5.31. The average Bonchev–Trinajstić information content (AvgIpc) is 2.46. The first-order valence-corrected chi connectivity index (χ1v) is 7.39. The third-order valence-electron chi connectivity index (χ3n) is 3.99. The zero-order valence-corrected chi connectivity index (χ0v) is 11.9. The molecule has 1 aromatic carbocycles. The molecule has 0 saturated heterocycles. The van der Waals surface area contributed by atoms with Gasteiger partial charge in [0.15, 0.2) is 0 Å². The van der Waals surface area contributed by atoms with Crippen LogP contribution in [0.4, 0.5) is 10.1 Å². The summed E-state index contributed by atoms with van der Waals surface area (Å²) in [6.07, 6.45) is 7.19. The first kappa shape index (κ1) is 15.5. The molecule has 0 spiro atoms. The van der Waals surface area contributed by atoms with Crippen molar-refractivity contribution in [3.05, 3.63) is 29.6 Å². The van der Waals surface area contributed by atoms with Gasteiger partial charge < -0.3 is 10.4 Å². The highest BCUT2D eigenvalue weighted by Gasteiger charge is 2.17. The molecule has 0 radical (unpaired) electrons. The van der Waals surface area contributed by atoms with E-state index in [4.69, 9.17) is 5.11 Å². The Labute approximate surface area is 123 Å². The molecule has 1 aromatic rings. The molecule has 1 aliphatic carbocycles. The molecule has 114 valence electrons. The summed E-state index contributed by atoms with van der Waals surface area (Å²) in [7, 11) is 0. The molecular weight excluding hydrogens is 273 g/mol. The predicted octanol–water partition coefficient (Wildman–Crippen LogP) is 3.82. The van der Waals surface area contributed by atoms with Gasteiger partial charge in [-0.15, -0.1) is 0 Å². The van der Waals surface area contributed by atoms with E-state index in [9.17, 15) is 14.0 Å². The second-order valence-corrected chi connectivity index (χ2v) is 5.59. The zero-order chi connectivity index (χ0) is 15.2. The molecule has 1 saturated carbocycles. The fraction of sp³-hybridized carbons (Fsp3) is 0.500. The number of benzene rings is 1. The Morgan fingerprint density at radius 2 is 1.95 bits per heavy atom. The van der Waals surface area contributed by atoms with Crippen LogP contribution in [0.2, 0.25) is 0 Å². The molecule has 4 nitrogen and oxygen atoms in total. The number of carboxylic acids is 1. The van der Waals surface area contributed by atoms with Crippen LogP contribution in [-0.2, 0) is 4.79 Å². The number of hydrogen-bond donors (Lipinski definition) is 2. The fourth-order valence-electron chi connectivity index (χ4n) is 2.83. The number of halogens is 1. The minimum absolute atomic E-state index is 0.0242. The highest BCUT2D eigenvalue weighted by molar-refractivity contribution is 6.00. The number of carbonyl (C=O) groups excluding carboxylic acids is 1. The van der Waals surface area contributed by atoms with Crippen molar-refractivity contribution in [2.24, 2.45) is 5.92 Å². The Hall–Kier alpha value is -1.91. The minimum atomic E-state index is -1.18. The first-order valence-electron chi connectivity index (χ1n) is 7.39. The molecule has 0 unspecified atom stereocenters. The van der Waals surface area contributed by atoms with Crippen LogP contribution >= 0.6 is 0 Å². The topological polar surface area (TPSA) is 66.4 Å². The molecule has 5 heteroatoms. The summed E-state index contributed by atoms with van der Waals surface area (Å²) in [5.74, 6) is -1.43. The van der Waals surface area contributed by atoms with Gasteiger partial charge in [-0.1, -0.05) is 32.1 Å². The van der Waals surface area contributed by atoms with Crippen LogP contribution in [0, 0.1) is 11.7 Å². The number of anilines is 1. The number of nitrogens with one attached hydrogen (secondary N) is 1. The lowest BCUT2D eigenvalue weighted by Gasteiger charge is -2.21. The largest absolute Gasteiger partial charge is 0.478 e. The summed E-state index contributed by atoms with van der Waals surface area (Å²) in [4.78, 5) is 23.0. The molecular formula is C16H20FNO3. The van der Waals surface area contributed by atoms with Gasteiger partial charge in [0.05, 0.1) is 11.3 Å². The molecule has 0 aromatic heterocycles. The summed E-state index contributed by atoms with van der Waals surface area (Å²) in [5, 5.41) is 11.5. The molecule has 2 N–H and O–H groups in total. The van der Waals surface area contributed by atoms with E-state index in [1.165, 1.54) is 19.3 Å². The summed E-state index contributed by atoms with van der Waals surface area (Å²) in [6.45, 7) is 0. The Balaban J connectivity index is 1.92. The van der Waals surface area contributed by atoms with Crippen molar-refractivity contribution in [2.45, 2.75) is 44.9 Å². The molecule has 1 aliphatic rings. The van der Waals surface area contributed by atoms with Crippen LogP contribution in [0.25, 0.3) is 0 Å². The van der Waals surface area contributed by atoms with E-state index in [0.29, 0.717) is 12.3 Å². The molecule has 0 heterocycles. The Morgan fingerprint density at radius 1 is 1.24 bits per heavy atom. The van der Waals surface area contributed by atoms with Gasteiger partial charge in [0.25, 0.3) is 0 Å². The maximum atomic E-state index is 13.2. The minimum Gasteiger partial charge on any atom is -0.478 e. The monoisotopic (exact) mass is 293 g/mol. The Morgan fingerprint density at radius 3 is 2.62 bits per heavy atom. The van der Waals surface area contributed by atoms with Crippen LogP contribution in [0.5, 0.6) is 0 Å². The van der Waals surface area contributed by atoms with Gasteiger partial charge in [-0.3, -0.25) is 4.79 Å². The quantitative estimate of drug-likeness (QED) is 0.867. The number of hydrogen-bond acceptors (Lipinski definition) is 2. The van der Waals surface area contributed by atoms with Gasteiger partial charge in [0.1, 0.15) is 5.82 Å². The maximum Gasteiger partial charge on any atom is 0.337 e. The van der Waals surface area contributed by atoms with Gasteiger partial charge in [-0.25, -0.2) is 9.18 Å². The van der Waals surface area contributed by atoms with Crippen LogP contribution in [-0.4, -0.2) is 17.0 Å². The number of carbonyl (C=O) groups is 2. The van der Waals surface area contributed by atoms with E-state index < -0.39 is 11.8 Å². The number of amides is 1. The molecule has 2 rings (SSSR count). The number of aromatic carboxylic acids is 1. The summed E-state index contributed by atoms with van der Waals surface area (Å²) in [6, 6.07) is 3.28. The number of rotatable bonds is 5. The first-order chi connectivity index (χ1) is 10.1. The van der Waals surface area contributed by atoms with Crippen molar-refractivity contribution in [1.29, 1.82) is 0 Å².